The van der Waals surface area contributed by atoms with E-state index in [9.17, 15) is 9.59 Å². The molecule has 10 nitrogen and oxygen atoms in total. The lowest BCUT2D eigenvalue weighted by Gasteiger charge is -2.03. The number of nitrogens with one attached hydrogen (secondary N) is 2. The van der Waals surface area contributed by atoms with E-state index in [1.54, 1.807) is 0 Å². The van der Waals surface area contributed by atoms with E-state index in [0.29, 0.717) is 24.5 Å². The molecule has 2 aromatic rings. The van der Waals surface area contributed by atoms with Gasteiger partial charge in [0.1, 0.15) is 11.6 Å². The summed E-state index contributed by atoms with van der Waals surface area (Å²) >= 11 is 0. The summed E-state index contributed by atoms with van der Waals surface area (Å²) < 4.78 is 0. The molecule has 0 aliphatic heterocycles. The van der Waals surface area contributed by atoms with Gasteiger partial charge in [-0.25, -0.2) is 9.59 Å². The molecule has 0 aromatic carbocycles. The number of aromatic amines is 2. The van der Waals surface area contributed by atoms with E-state index in [1.807, 2.05) is 0 Å². The summed E-state index contributed by atoms with van der Waals surface area (Å²) in [5, 5.41) is 0. The number of H-pyrrole nitrogens is 2. The third-order valence-corrected chi connectivity index (χ3v) is 3.51. The SMILES string of the molecule is Nc1nc(CCCCCCCCc2nc(N)nc(=O)[nH]2)[nH]c(=O)n1. The fourth-order valence-corrected chi connectivity index (χ4v) is 2.42. The summed E-state index contributed by atoms with van der Waals surface area (Å²) in [5.74, 6) is 1.19. The summed E-state index contributed by atoms with van der Waals surface area (Å²) in [6.07, 6.45) is 7.50. The minimum atomic E-state index is -0.458. The number of unbranched alkanes of at least 4 members (excludes halogenated alkanes) is 5. The molecule has 0 saturated carbocycles. The van der Waals surface area contributed by atoms with Crippen LogP contribution >= 0.6 is 0 Å². The Balaban J connectivity index is 1.57. The summed E-state index contributed by atoms with van der Waals surface area (Å²) in [7, 11) is 0. The normalized spacial score (nSPS) is 10.8. The van der Waals surface area contributed by atoms with E-state index in [2.05, 4.69) is 29.9 Å². The number of hydrogen-bond acceptors (Lipinski definition) is 8. The van der Waals surface area contributed by atoms with Gasteiger partial charge in [0.05, 0.1) is 0 Å². The van der Waals surface area contributed by atoms with Crippen LogP contribution in [0.15, 0.2) is 9.59 Å². The monoisotopic (exact) mass is 334 g/mol. The van der Waals surface area contributed by atoms with Gasteiger partial charge in [-0.05, 0) is 12.8 Å². The van der Waals surface area contributed by atoms with Gasteiger partial charge >= 0.3 is 11.4 Å². The maximum Gasteiger partial charge on any atom is 0.349 e. The van der Waals surface area contributed by atoms with Crippen molar-refractivity contribution in [1.29, 1.82) is 0 Å². The summed E-state index contributed by atoms with van der Waals surface area (Å²) in [6.45, 7) is 0. The van der Waals surface area contributed by atoms with Crippen LogP contribution in [0.3, 0.4) is 0 Å². The van der Waals surface area contributed by atoms with Crippen molar-refractivity contribution in [2.24, 2.45) is 0 Å². The smallest absolute Gasteiger partial charge is 0.349 e. The second-order valence-electron chi connectivity index (χ2n) is 5.54. The first-order valence-electron chi connectivity index (χ1n) is 7.98. The zero-order valence-corrected chi connectivity index (χ0v) is 13.4. The standard InChI is InChI=1S/C14H22N8O2/c15-11-17-9(19-13(23)21-11)7-5-3-1-2-4-6-8-10-18-12(16)22-14(24)20-10/h1-8H2,(H3,15,17,19,21,23)(H3,16,18,20,22,24). The quantitative estimate of drug-likeness (QED) is 0.462. The summed E-state index contributed by atoms with van der Waals surface area (Å²) in [4.78, 5) is 42.4. The van der Waals surface area contributed by atoms with Gasteiger partial charge in [-0.1, -0.05) is 25.7 Å². The highest BCUT2D eigenvalue weighted by Gasteiger charge is 2.01. The Morgan fingerprint density at radius 2 is 1.00 bits per heavy atom. The van der Waals surface area contributed by atoms with Crippen LogP contribution in [0, 0.1) is 0 Å². The Bertz CT molecular complexity index is 704. The minimum absolute atomic E-state index is 0.0112. The molecular formula is C14H22N8O2. The van der Waals surface area contributed by atoms with E-state index in [0.717, 1.165) is 38.5 Å². The molecule has 0 radical (unpaired) electrons. The molecule has 2 heterocycles. The number of hydrogen-bond donors (Lipinski definition) is 4. The first kappa shape index (κ1) is 17.6. The lowest BCUT2D eigenvalue weighted by Crippen LogP contribution is -2.17. The third-order valence-electron chi connectivity index (χ3n) is 3.51. The number of aryl methyl sites for hydroxylation is 2. The Morgan fingerprint density at radius 3 is 1.38 bits per heavy atom. The molecule has 0 aliphatic rings. The highest BCUT2D eigenvalue weighted by Crippen LogP contribution is 2.09. The Hall–Kier alpha value is -2.78. The number of anilines is 2. The van der Waals surface area contributed by atoms with Gasteiger partial charge in [-0.15, -0.1) is 0 Å². The molecule has 6 N–H and O–H groups in total. The van der Waals surface area contributed by atoms with Crippen LogP contribution in [0.4, 0.5) is 11.9 Å². The summed E-state index contributed by atoms with van der Waals surface area (Å²) in [5.41, 5.74) is 9.95. The van der Waals surface area contributed by atoms with Crippen molar-refractivity contribution in [1.82, 2.24) is 29.9 Å². The molecule has 24 heavy (non-hydrogen) atoms. The highest BCUT2D eigenvalue weighted by atomic mass is 16.1. The number of aromatic nitrogens is 6. The molecule has 0 unspecified atom stereocenters. The first-order chi connectivity index (χ1) is 11.5. The number of nitrogen functional groups attached to an aromatic ring is 2. The number of nitrogens with zero attached hydrogens (tertiary/aromatic N) is 4. The highest BCUT2D eigenvalue weighted by molar-refractivity contribution is 5.13. The van der Waals surface area contributed by atoms with Crippen molar-refractivity contribution in [3.63, 3.8) is 0 Å². The van der Waals surface area contributed by atoms with E-state index >= 15 is 0 Å². The molecule has 0 amide bonds. The van der Waals surface area contributed by atoms with Crippen molar-refractivity contribution in [3.8, 4) is 0 Å². The Morgan fingerprint density at radius 1 is 0.625 bits per heavy atom. The van der Waals surface area contributed by atoms with Crippen molar-refractivity contribution in [3.05, 3.63) is 32.6 Å². The lowest BCUT2D eigenvalue weighted by atomic mass is 10.1. The van der Waals surface area contributed by atoms with Gasteiger partial charge in [0, 0.05) is 12.8 Å². The van der Waals surface area contributed by atoms with Crippen LogP contribution in [0.1, 0.15) is 50.2 Å². The molecule has 10 heteroatoms. The topological polar surface area (TPSA) is 169 Å². The van der Waals surface area contributed by atoms with Crippen LogP contribution in [-0.4, -0.2) is 29.9 Å². The largest absolute Gasteiger partial charge is 0.368 e. The van der Waals surface area contributed by atoms with Gasteiger partial charge in [0.25, 0.3) is 0 Å². The van der Waals surface area contributed by atoms with Crippen molar-refractivity contribution in [2.45, 2.75) is 51.4 Å². The van der Waals surface area contributed by atoms with E-state index in [4.69, 9.17) is 11.5 Å². The fourth-order valence-electron chi connectivity index (χ4n) is 2.42. The van der Waals surface area contributed by atoms with Crippen LogP contribution < -0.4 is 22.8 Å². The Labute approximate surface area is 138 Å². The van der Waals surface area contributed by atoms with Crippen LogP contribution in [0.25, 0.3) is 0 Å². The minimum Gasteiger partial charge on any atom is -0.368 e. The van der Waals surface area contributed by atoms with Crippen molar-refractivity contribution < 1.29 is 0 Å². The third kappa shape index (κ3) is 6.15. The van der Waals surface area contributed by atoms with E-state index < -0.39 is 11.4 Å². The summed E-state index contributed by atoms with van der Waals surface area (Å²) in [6, 6.07) is 0. The number of rotatable bonds is 9. The fraction of sp³-hybridized carbons (Fsp3) is 0.571. The molecule has 2 aromatic heterocycles. The molecule has 2 rings (SSSR count). The molecule has 0 atom stereocenters. The van der Waals surface area contributed by atoms with Crippen molar-refractivity contribution in [2.75, 3.05) is 11.5 Å². The average Bonchev–Trinajstić information content (AvgIpc) is 2.48. The predicted octanol–water partition coefficient (Wildman–Crippen LogP) is -0.0666. The van der Waals surface area contributed by atoms with E-state index in [-0.39, 0.29) is 11.9 Å². The van der Waals surface area contributed by atoms with Gasteiger partial charge in [-0.3, -0.25) is 9.97 Å². The van der Waals surface area contributed by atoms with E-state index in [1.165, 1.54) is 0 Å². The molecule has 0 aliphatic carbocycles. The molecule has 0 saturated heterocycles. The zero-order chi connectivity index (χ0) is 17.4. The maximum atomic E-state index is 11.2. The molecule has 0 spiro atoms. The maximum absolute atomic E-state index is 11.2. The van der Waals surface area contributed by atoms with Gasteiger partial charge in [0.2, 0.25) is 11.9 Å². The number of nitrogens with two attached hydrogens (primary N) is 2. The van der Waals surface area contributed by atoms with Gasteiger partial charge < -0.3 is 11.5 Å². The zero-order valence-electron chi connectivity index (χ0n) is 13.4. The lowest BCUT2D eigenvalue weighted by molar-refractivity contribution is 0.582. The molecule has 130 valence electrons. The van der Waals surface area contributed by atoms with Crippen LogP contribution in [0.2, 0.25) is 0 Å². The predicted molar refractivity (Wildman–Crippen MR) is 89.2 cm³/mol. The van der Waals surface area contributed by atoms with Gasteiger partial charge in [0.15, 0.2) is 0 Å². The average molecular weight is 334 g/mol. The van der Waals surface area contributed by atoms with Gasteiger partial charge in [-0.2, -0.15) is 19.9 Å². The second-order valence-corrected chi connectivity index (χ2v) is 5.54. The Kier molecular flexibility index (Phi) is 6.41. The molecule has 0 bridgehead atoms. The molecular weight excluding hydrogens is 312 g/mol. The first-order valence-corrected chi connectivity index (χ1v) is 7.98. The van der Waals surface area contributed by atoms with Crippen LogP contribution in [0.5, 0.6) is 0 Å². The second kappa shape index (κ2) is 8.75. The molecule has 0 fully saturated rings. The van der Waals surface area contributed by atoms with Crippen LogP contribution in [-0.2, 0) is 12.8 Å². The van der Waals surface area contributed by atoms with Crippen molar-refractivity contribution >= 4 is 11.9 Å².